The molecule has 12 heteroatoms. The Balaban J connectivity index is 1.32. The van der Waals surface area contributed by atoms with E-state index in [0.717, 1.165) is 28.1 Å². The van der Waals surface area contributed by atoms with Crippen LogP contribution in [0.2, 0.25) is 0 Å². The summed E-state index contributed by atoms with van der Waals surface area (Å²) in [7, 11) is 3.05. The molecule has 0 radical (unpaired) electrons. The second-order valence-electron chi connectivity index (χ2n) is 6.27. The van der Waals surface area contributed by atoms with Crippen molar-refractivity contribution in [3.05, 3.63) is 78.0 Å². The van der Waals surface area contributed by atoms with E-state index in [1.807, 2.05) is 30.3 Å². The lowest BCUT2D eigenvalue weighted by molar-refractivity contribution is -0.137. The third-order valence-corrected chi connectivity index (χ3v) is 6.34. The van der Waals surface area contributed by atoms with Gasteiger partial charge in [-0.25, -0.2) is 9.78 Å². The zero-order valence-corrected chi connectivity index (χ0v) is 17.7. The zero-order chi connectivity index (χ0) is 22.6. The Morgan fingerprint density at radius 3 is 2.56 bits per heavy atom. The van der Waals surface area contributed by atoms with Crippen molar-refractivity contribution in [2.45, 2.75) is 22.7 Å². The second-order valence-corrected chi connectivity index (χ2v) is 8.50. The van der Waals surface area contributed by atoms with E-state index >= 15 is 0 Å². The maximum Gasteiger partial charge on any atom is 0.535 e. The van der Waals surface area contributed by atoms with Crippen molar-refractivity contribution in [1.29, 1.82) is 0 Å². The van der Waals surface area contributed by atoms with E-state index in [1.54, 1.807) is 18.3 Å². The molecule has 0 atom stereocenters. The van der Waals surface area contributed by atoms with E-state index in [9.17, 15) is 18.0 Å². The molecule has 0 amide bonds. The minimum atomic E-state index is -4.55. The first kappa shape index (κ1) is 22.0. The van der Waals surface area contributed by atoms with Gasteiger partial charge in [0.2, 0.25) is 0 Å². The summed E-state index contributed by atoms with van der Waals surface area (Å²) in [5.74, 6) is 0. The van der Waals surface area contributed by atoms with Crippen LogP contribution < -0.4 is 4.84 Å². The van der Waals surface area contributed by atoms with Crippen LogP contribution in [0.4, 0.5) is 18.0 Å². The number of carbonyl (C=O) groups excluding carboxylic acids is 1. The Kier molecular flexibility index (Phi) is 6.51. The van der Waals surface area contributed by atoms with E-state index in [4.69, 9.17) is 9.57 Å². The lowest BCUT2D eigenvalue weighted by Gasteiger charge is -2.08. The predicted molar refractivity (Wildman–Crippen MR) is 112 cm³/mol. The van der Waals surface area contributed by atoms with Gasteiger partial charge in [-0.05, 0) is 64.0 Å². The number of hydrogen-bond acceptors (Lipinski definition) is 8. The standard InChI is InChI=1S/C20H13F3N4O3S2/c21-20(22,23)14-6-9-16-17(11-14)27(26-25-16)30-19(28)29-12-13-4-7-15(8-5-13)31-32-18-3-1-2-10-24-18/h1-11H,12H2. The summed E-state index contributed by atoms with van der Waals surface area (Å²) in [5.41, 5.74) is -0.173. The number of alkyl halides is 3. The molecule has 0 saturated carbocycles. The molecule has 2 heterocycles. The van der Waals surface area contributed by atoms with Crippen molar-refractivity contribution in [1.82, 2.24) is 20.1 Å². The first-order chi connectivity index (χ1) is 15.4. The molecular formula is C20H13F3N4O3S2. The molecule has 0 bridgehead atoms. The highest BCUT2D eigenvalue weighted by Gasteiger charge is 2.31. The maximum absolute atomic E-state index is 12.9. The van der Waals surface area contributed by atoms with Gasteiger partial charge in [-0.15, -0.1) is 5.10 Å². The Labute approximate surface area is 187 Å². The number of nitrogens with zero attached hydrogens (tertiary/aromatic N) is 4. The van der Waals surface area contributed by atoms with Crippen LogP contribution in [0.1, 0.15) is 11.1 Å². The number of carbonyl (C=O) groups is 1. The fraction of sp³-hybridized carbons (Fsp3) is 0.100. The molecule has 4 aromatic rings. The number of hydrogen-bond donors (Lipinski definition) is 0. The van der Waals surface area contributed by atoms with Crippen molar-refractivity contribution in [3.8, 4) is 0 Å². The van der Waals surface area contributed by atoms with Crippen LogP contribution in [0, 0.1) is 0 Å². The van der Waals surface area contributed by atoms with E-state index in [-0.39, 0.29) is 17.6 Å². The lowest BCUT2D eigenvalue weighted by Crippen LogP contribution is -2.22. The molecule has 0 spiro atoms. The number of ether oxygens (including phenoxy) is 1. The molecule has 2 aromatic carbocycles. The SMILES string of the molecule is O=C(OCc1ccc(SSc2ccccn2)cc1)On1nnc2ccc(C(F)(F)F)cc21. The van der Waals surface area contributed by atoms with Gasteiger partial charge in [0.15, 0.2) is 0 Å². The van der Waals surface area contributed by atoms with Gasteiger partial charge in [-0.2, -0.15) is 13.2 Å². The summed E-state index contributed by atoms with van der Waals surface area (Å²) in [4.78, 5) is 22.7. The lowest BCUT2D eigenvalue weighted by atomic mass is 10.2. The highest BCUT2D eigenvalue weighted by molar-refractivity contribution is 8.76. The molecule has 2 aromatic heterocycles. The van der Waals surface area contributed by atoms with E-state index in [1.165, 1.54) is 21.6 Å². The molecule has 0 saturated heterocycles. The maximum atomic E-state index is 12.9. The van der Waals surface area contributed by atoms with Gasteiger partial charge >= 0.3 is 12.3 Å². The number of aromatic nitrogens is 4. The van der Waals surface area contributed by atoms with Gasteiger partial charge in [-0.1, -0.05) is 33.8 Å². The quantitative estimate of drug-likeness (QED) is 0.207. The fourth-order valence-corrected chi connectivity index (χ4v) is 4.35. The zero-order valence-electron chi connectivity index (χ0n) is 16.0. The topological polar surface area (TPSA) is 79.1 Å². The molecule has 7 nitrogen and oxygen atoms in total. The highest BCUT2D eigenvalue weighted by Crippen LogP contribution is 2.36. The van der Waals surface area contributed by atoms with Gasteiger partial charge in [0.25, 0.3) is 0 Å². The highest BCUT2D eigenvalue weighted by atomic mass is 33.1. The van der Waals surface area contributed by atoms with Crippen molar-refractivity contribution >= 4 is 38.8 Å². The summed E-state index contributed by atoms with van der Waals surface area (Å²) < 4.78 is 43.7. The average molecular weight is 478 g/mol. The van der Waals surface area contributed by atoms with Gasteiger partial charge in [0.1, 0.15) is 22.7 Å². The van der Waals surface area contributed by atoms with Gasteiger partial charge in [0, 0.05) is 11.1 Å². The van der Waals surface area contributed by atoms with Gasteiger partial charge in [-0.3, -0.25) is 4.84 Å². The van der Waals surface area contributed by atoms with Crippen molar-refractivity contribution < 1.29 is 27.5 Å². The molecule has 164 valence electrons. The predicted octanol–water partition coefficient (Wildman–Crippen LogP) is 5.41. The summed E-state index contributed by atoms with van der Waals surface area (Å²) >= 11 is 0. The number of pyridine rings is 1. The van der Waals surface area contributed by atoms with E-state index < -0.39 is 17.9 Å². The van der Waals surface area contributed by atoms with Crippen LogP contribution in [0.5, 0.6) is 0 Å². The number of benzene rings is 2. The summed E-state index contributed by atoms with van der Waals surface area (Å²) in [6.45, 7) is -0.0857. The first-order valence-corrected chi connectivity index (χ1v) is 11.2. The summed E-state index contributed by atoms with van der Waals surface area (Å²) in [5, 5.41) is 8.09. The molecule has 4 rings (SSSR count). The van der Waals surface area contributed by atoms with Crippen LogP contribution in [0.15, 0.2) is 76.8 Å². The molecular weight excluding hydrogens is 465 g/mol. The third kappa shape index (κ3) is 5.51. The second kappa shape index (κ2) is 9.49. The monoisotopic (exact) mass is 478 g/mol. The van der Waals surface area contributed by atoms with Crippen LogP contribution in [0.3, 0.4) is 0 Å². The van der Waals surface area contributed by atoms with Crippen molar-refractivity contribution in [2.75, 3.05) is 0 Å². The Hall–Kier alpha value is -3.25. The Morgan fingerprint density at radius 1 is 1.03 bits per heavy atom. The van der Waals surface area contributed by atoms with Crippen molar-refractivity contribution in [2.24, 2.45) is 0 Å². The molecule has 0 unspecified atom stereocenters. The van der Waals surface area contributed by atoms with Crippen LogP contribution in [-0.2, 0) is 17.5 Å². The largest absolute Gasteiger partial charge is 0.535 e. The van der Waals surface area contributed by atoms with Crippen LogP contribution in [-0.4, -0.2) is 26.3 Å². The van der Waals surface area contributed by atoms with Crippen LogP contribution >= 0.6 is 21.6 Å². The molecule has 0 N–H and O–H groups in total. The normalized spacial score (nSPS) is 11.5. The number of fused-ring (bicyclic) bond motifs is 1. The number of rotatable bonds is 6. The molecule has 0 aliphatic carbocycles. The molecule has 0 fully saturated rings. The smallest absolute Gasteiger partial charge is 0.428 e. The summed E-state index contributed by atoms with van der Waals surface area (Å²) in [6, 6.07) is 15.8. The minimum absolute atomic E-state index is 0.0857. The Morgan fingerprint density at radius 2 is 1.84 bits per heavy atom. The van der Waals surface area contributed by atoms with Crippen molar-refractivity contribution in [3.63, 3.8) is 0 Å². The molecule has 0 aliphatic heterocycles. The van der Waals surface area contributed by atoms with Crippen LogP contribution in [0.25, 0.3) is 11.0 Å². The average Bonchev–Trinajstić information content (AvgIpc) is 3.19. The Bertz CT molecular complexity index is 1220. The van der Waals surface area contributed by atoms with Gasteiger partial charge in [0.05, 0.1) is 5.56 Å². The first-order valence-electron chi connectivity index (χ1n) is 9.01. The van der Waals surface area contributed by atoms with E-state index in [2.05, 4.69) is 15.3 Å². The fourth-order valence-electron chi connectivity index (χ4n) is 2.51. The van der Waals surface area contributed by atoms with E-state index in [0.29, 0.717) is 10.4 Å². The minimum Gasteiger partial charge on any atom is -0.428 e. The molecule has 32 heavy (non-hydrogen) atoms. The summed E-state index contributed by atoms with van der Waals surface area (Å²) in [6.07, 6.45) is -3.96. The number of halogens is 3. The molecule has 0 aliphatic rings. The third-order valence-electron chi connectivity index (χ3n) is 4.04. The van der Waals surface area contributed by atoms with Gasteiger partial charge < -0.3 is 4.74 Å².